The minimum Gasteiger partial charge on any atom is -0.411 e. The van der Waals surface area contributed by atoms with Gasteiger partial charge in [-0.1, -0.05) is 56.3 Å². The van der Waals surface area contributed by atoms with Gasteiger partial charge in [-0.2, -0.15) is 0 Å². The average molecular weight is 217 g/mol. The Morgan fingerprint density at radius 3 is 2.19 bits per heavy atom. The summed E-state index contributed by atoms with van der Waals surface area (Å²) in [7, 11) is 0. The minimum absolute atomic E-state index is 0.185. The molecule has 0 unspecified atom stereocenters. The molecule has 0 spiro atoms. The molecule has 0 amide bonds. The molecule has 1 aromatic rings. The van der Waals surface area contributed by atoms with Crippen LogP contribution >= 0.6 is 0 Å². The molecule has 0 heterocycles. The first kappa shape index (κ1) is 12.5. The number of oxime groups is 1. The van der Waals surface area contributed by atoms with Crippen molar-refractivity contribution >= 4 is 11.8 Å². The van der Waals surface area contributed by atoms with Crippen molar-refractivity contribution in [1.82, 2.24) is 0 Å². The summed E-state index contributed by atoms with van der Waals surface area (Å²) in [4.78, 5) is 0. The Labute approximate surface area is 97.3 Å². The second-order valence-corrected chi connectivity index (χ2v) is 4.95. The van der Waals surface area contributed by atoms with Gasteiger partial charge in [0.2, 0.25) is 0 Å². The van der Waals surface area contributed by atoms with E-state index in [4.69, 9.17) is 5.21 Å². The van der Waals surface area contributed by atoms with Crippen LogP contribution in [0.3, 0.4) is 0 Å². The summed E-state index contributed by atoms with van der Waals surface area (Å²) < 4.78 is 0. The molecule has 0 atom stereocenters. The normalized spacial score (nSPS) is 13.4. The maximum absolute atomic E-state index is 8.50. The van der Waals surface area contributed by atoms with Gasteiger partial charge in [-0.05, 0) is 29.5 Å². The second-order valence-electron chi connectivity index (χ2n) is 4.95. The Morgan fingerprint density at radius 2 is 1.75 bits per heavy atom. The fourth-order valence-corrected chi connectivity index (χ4v) is 1.34. The molecule has 1 aromatic carbocycles. The molecule has 2 nitrogen and oxygen atoms in total. The summed E-state index contributed by atoms with van der Waals surface area (Å²) in [5, 5.41) is 11.6. The van der Waals surface area contributed by atoms with Gasteiger partial charge in [0.05, 0.1) is 5.71 Å². The molecule has 0 aliphatic carbocycles. The van der Waals surface area contributed by atoms with Crippen LogP contribution in [0.15, 0.2) is 35.5 Å². The van der Waals surface area contributed by atoms with E-state index in [1.165, 1.54) is 5.56 Å². The summed E-state index contributed by atoms with van der Waals surface area (Å²) in [5.41, 5.74) is 3.21. The lowest BCUT2D eigenvalue weighted by molar-refractivity contribution is 0.319. The number of rotatable bonds is 2. The van der Waals surface area contributed by atoms with Gasteiger partial charge in [0, 0.05) is 0 Å². The first-order valence-electron chi connectivity index (χ1n) is 5.41. The zero-order chi connectivity index (χ0) is 12.2. The standard InChI is InChI=1S/C14H19NO/c1-11(15-16)5-6-12-7-9-13(10-8-12)14(2,3)4/h5-10,16H,1-4H3. The van der Waals surface area contributed by atoms with Crippen molar-refractivity contribution in [2.75, 3.05) is 0 Å². The van der Waals surface area contributed by atoms with Crippen LogP contribution in [0.1, 0.15) is 38.8 Å². The van der Waals surface area contributed by atoms with Gasteiger partial charge >= 0.3 is 0 Å². The van der Waals surface area contributed by atoms with Gasteiger partial charge in [0.25, 0.3) is 0 Å². The molecule has 0 aliphatic rings. The number of allylic oxidation sites excluding steroid dienone is 1. The summed E-state index contributed by atoms with van der Waals surface area (Å²) in [6.45, 7) is 8.33. The number of nitrogens with zero attached hydrogens (tertiary/aromatic N) is 1. The molecule has 86 valence electrons. The van der Waals surface area contributed by atoms with Crippen LogP contribution in [0, 0.1) is 0 Å². The highest BCUT2D eigenvalue weighted by molar-refractivity contribution is 5.95. The van der Waals surface area contributed by atoms with E-state index in [-0.39, 0.29) is 5.41 Å². The Morgan fingerprint density at radius 1 is 1.19 bits per heavy atom. The minimum atomic E-state index is 0.185. The van der Waals surface area contributed by atoms with Crippen molar-refractivity contribution in [3.8, 4) is 0 Å². The summed E-state index contributed by atoms with van der Waals surface area (Å²) in [5.74, 6) is 0. The first-order valence-corrected chi connectivity index (χ1v) is 5.41. The Hall–Kier alpha value is -1.57. The van der Waals surface area contributed by atoms with Gasteiger partial charge in [-0.25, -0.2) is 0 Å². The van der Waals surface area contributed by atoms with Crippen LogP contribution in [0.25, 0.3) is 6.08 Å². The molecule has 0 saturated heterocycles. The monoisotopic (exact) mass is 217 g/mol. The van der Waals surface area contributed by atoms with Crippen molar-refractivity contribution in [2.45, 2.75) is 33.1 Å². The predicted molar refractivity (Wildman–Crippen MR) is 69.1 cm³/mol. The van der Waals surface area contributed by atoms with E-state index < -0.39 is 0 Å². The predicted octanol–water partition coefficient (Wildman–Crippen LogP) is 3.85. The molecular formula is C14H19NO. The molecule has 0 saturated carbocycles. The average Bonchev–Trinajstić information content (AvgIpc) is 2.25. The van der Waals surface area contributed by atoms with Gasteiger partial charge in [-0.15, -0.1) is 0 Å². The van der Waals surface area contributed by atoms with Crippen LogP contribution in [-0.2, 0) is 5.41 Å². The van der Waals surface area contributed by atoms with Crippen LogP contribution < -0.4 is 0 Å². The molecule has 1 N–H and O–H groups in total. The fourth-order valence-electron chi connectivity index (χ4n) is 1.34. The van der Waals surface area contributed by atoms with Crippen molar-refractivity contribution in [2.24, 2.45) is 5.16 Å². The lowest BCUT2D eigenvalue weighted by Crippen LogP contribution is -2.10. The highest BCUT2D eigenvalue weighted by atomic mass is 16.4. The molecule has 1 rings (SSSR count). The van der Waals surface area contributed by atoms with Crippen molar-refractivity contribution in [3.63, 3.8) is 0 Å². The van der Waals surface area contributed by atoms with Crippen LogP contribution in [0.2, 0.25) is 0 Å². The third kappa shape index (κ3) is 3.54. The topological polar surface area (TPSA) is 32.6 Å². The van der Waals surface area contributed by atoms with Crippen molar-refractivity contribution in [1.29, 1.82) is 0 Å². The van der Waals surface area contributed by atoms with Gasteiger partial charge in [0.15, 0.2) is 0 Å². The number of benzene rings is 1. The van der Waals surface area contributed by atoms with E-state index in [0.717, 1.165) is 5.56 Å². The van der Waals surface area contributed by atoms with Crippen LogP contribution in [0.4, 0.5) is 0 Å². The van der Waals surface area contributed by atoms with Crippen LogP contribution in [0.5, 0.6) is 0 Å². The highest BCUT2D eigenvalue weighted by Gasteiger charge is 2.12. The summed E-state index contributed by atoms with van der Waals surface area (Å²) >= 11 is 0. The second kappa shape index (κ2) is 4.97. The molecule has 16 heavy (non-hydrogen) atoms. The van der Waals surface area contributed by atoms with E-state index in [1.54, 1.807) is 13.0 Å². The molecule has 0 bridgehead atoms. The quantitative estimate of drug-likeness (QED) is 0.455. The van der Waals surface area contributed by atoms with Gasteiger partial charge in [0.1, 0.15) is 0 Å². The lowest BCUT2D eigenvalue weighted by Gasteiger charge is -2.18. The Bertz CT molecular complexity index is 394. The lowest BCUT2D eigenvalue weighted by atomic mass is 9.87. The summed E-state index contributed by atoms with van der Waals surface area (Å²) in [6.07, 6.45) is 3.72. The van der Waals surface area contributed by atoms with E-state index in [9.17, 15) is 0 Å². The Kier molecular flexibility index (Phi) is 3.88. The maximum atomic E-state index is 8.50. The third-order valence-corrected chi connectivity index (χ3v) is 2.45. The van der Waals surface area contributed by atoms with E-state index in [2.05, 4.69) is 50.2 Å². The molecule has 2 heteroatoms. The molecule has 0 fully saturated rings. The molecular weight excluding hydrogens is 198 g/mol. The van der Waals surface area contributed by atoms with Crippen molar-refractivity contribution < 1.29 is 5.21 Å². The smallest absolute Gasteiger partial charge is 0.0765 e. The van der Waals surface area contributed by atoms with E-state index >= 15 is 0 Å². The van der Waals surface area contributed by atoms with Gasteiger partial charge in [-0.3, -0.25) is 0 Å². The zero-order valence-electron chi connectivity index (χ0n) is 10.4. The SMILES string of the molecule is CC(C=Cc1ccc(C(C)(C)C)cc1)=NO. The zero-order valence-corrected chi connectivity index (χ0v) is 10.4. The van der Waals surface area contributed by atoms with E-state index in [1.807, 2.05) is 6.08 Å². The summed E-state index contributed by atoms with van der Waals surface area (Å²) in [6, 6.07) is 8.40. The van der Waals surface area contributed by atoms with Crippen molar-refractivity contribution in [3.05, 3.63) is 41.5 Å². The molecule has 0 aliphatic heterocycles. The Balaban J connectivity index is 2.84. The van der Waals surface area contributed by atoms with Crippen LogP contribution in [-0.4, -0.2) is 10.9 Å². The molecule has 0 aromatic heterocycles. The number of hydrogen-bond donors (Lipinski definition) is 1. The van der Waals surface area contributed by atoms with Gasteiger partial charge < -0.3 is 5.21 Å². The number of hydrogen-bond acceptors (Lipinski definition) is 2. The highest BCUT2D eigenvalue weighted by Crippen LogP contribution is 2.22. The fraction of sp³-hybridized carbons (Fsp3) is 0.357. The largest absolute Gasteiger partial charge is 0.411 e. The van der Waals surface area contributed by atoms with E-state index in [0.29, 0.717) is 5.71 Å². The third-order valence-electron chi connectivity index (χ3n) is 2.45. The molecule has 0 radical (unpaired) electrons. The first-order chi connectivity index (χ1) is 7.43. The maximum Gasteiger partial charge on any atom is 0.0765 e.